The van der Waals surface area contributed by atoms with E-state index in [2.05, 4.69) is 20.4 Å². The Balaban J connectivity index is 1.93. The maximum Gasteiger partial charge on any atom is 0.340 e. The van der Waals surface area contributed by atoms with Gasteiger partial charge >= 0.3 is 5.97 Å². The van der Waals surface area contributed by atoms with E-state index in [0.29, 0.717) is 29.5 Å². The number of nitrogens with zero attached hydrogens (tertiary/aromatic N) is 1. The van der Waals surface area contributed by atoms with Crippen LogP contribution in [-0.4, -0.2) is 37.7 Å². The van der Waals surface area contributed by atoms with E-state index in [-0.39, 0.29) is 24.0 Å². The zero-order chi connectivity index (χ0) is 24.5. The van der Waals surface area contributed by atoms with Crippen molar-refractivity contribution < 1.29 is 23.8 Å². The van der Waals surface area contributed by atoms with Crippen LogP contribution in [0.1, 0.15) is 88.4 Å². The first-order chi connectivity index (χ1) is 16.5. The van der Waals surface area contributed by atoms with Crippen LogP contribution in [0.5, 0.6) is 5.75 Å². The molecule has 188 valence electrons. The van der Waals surface area contributed by atoms with Crippen molar-refractivity contribution in [2.24, 2.45) is 11.8 Å². The Morgan fingerprint density at radius 3 is 2.41 bits per heavy atom. The molecule has 3 rings (SSSR count). The highest BCUT2D eigenvalue weighted by Gasteiger charge is 2.37. The molecule has 0 aromatic heterocycles. The zero-order valence-electron chi connectivity index (χ0n) is 21.1. The normalized spacial score (nSPS) is 24.7. The lowest BCUT2D eigenvalue weighted by atomic mass is 9.81. The standard InChI is InChI=1S/C28H41NO5/c1-5-7-18-34-24-16-17-26(25(19-24)28(31)32-4)29(22-12-14-23(15-13-22)33-6-2)27(30)21-10-8-20(3)9-11-21/h6,16-17,19-23H,2,5,7-15,18H2,1,3-4H3/t20-,21-,22-,23-. The zero-order valence-corrected chi connectivity index (χ0v) is 21.1. The van der Waals surface area contributed by atoms with Crippen LogP contribution >= 0.6 is 0 Å². The van der Waals surface area contributed by atoms with Crippen LogP contribution in [0, 0.1) is 11.8 Å². The molecular formula is C28H41NO5. The Hall–Kier alpha value is -2.50. The molecule has 0 saturated heterocycles. The summed E-state index contributed by atoms with van der Waals surface area (Å²) in [7, 11) is 1.38. The average molecular weight is 472 g/mol. The first-order valence-electron chi connectivity index (χ1n) is 12.9. The number of ether oxygens (including phenoxy) is 3. The first-order valence-corrected chi connectivity index (χ1v) is 12.9. The number of hydrogen-bond donors (Lipinski definition) is 0. The van der Waals surface area contributed by atoms with Gasteiger partial charge in [-0.1, -0.05) is 26.8 Å². The molecule has 0 atom stereocenters. The third-order valence-corrected chi connectivity index (χ3v) is 7.30. The summed E-state index contributed by atoms with van der Waals surface area (Å²) in [5.41, 5.74) is 1.02. The van der Waals surface area contributed by atoms with Gasteiger partial charge in [-0.25, -0.2) is 4.79 Å². The molecule has 6 heteroatoms. The van der Waals surface area contributed by atoms with Crippen molar-refractivity contribution in [2.45, 2.75) is 90.2 Å². The van der Waals surface area contributed by atoms with Crippen LogP contribution in [0.15, 0.2) is 31.0 Å². The molecule has 34 heavy (non-hydrogen) atoms. The molecule has 0 aliphatic heterocycles. The van der Waals surface area contributed by atoms with E-state index in [1.165, 1.54) is 13.4 Å². The summed E-state index contributed by atoms with van der Waals surface area (Å²) in [6.07, 6.45) is 10.9. The van der Waals surface area contributed by atoms with Crippen LogP contribution in [-0.2, 0) is 14.3 Å². The number of carbonyl (C=O) groups excluding carboxylic acids is 2. The molecule has 0 radical (unpaired) electrons. The van der Waals surface area contributed by atoms with Crippen molar-refractivity contribution in [3.63, 3.8) is 0 Å². The van der Waals surface area contributed by atoms with Crippen molar-refractivity contribution in [3.8, 4) is 5.75 Å². The summed E-state index contributed by atoms with van der Waals surface area (Å²) < 4.78 is 16.6. The number of hydrogen-bond acceptors (Lipinski definition) is 5. The van der Waals surface area contributed by atoms with E-state index in [1.807, 2.05) is 17.0 Å². The second kappa shape index (κ2) is 12.8. The molecular weight excluding hydrogens is 430 g/mol. The Morgan fingerprint density at radius 1 is 1.09 bits per heavy atom. The van der Waals surface area contributed by atoms with Gasteiger partial charge in [0.1, 0.15) is 5.75 Å². The lowest BCUT2D eigenvalue weighted by Crippen LogP contribution is -2.47. The van der Waals surface area contributed by atoms with Crippen LogP contribution < -0.4 is 9.64 Å². The number of anilines is 1. The summed E-state index contributed by atoms with van der Waals surface area (Å²) >= 11 is 0. The molecule has 6 nitrogen and oxygen atoms in total. The SMILES string of the molecule is C=CO[C@H]1CC[C@H](N(c2ccc(OCCCC)cc2C(=O)OC)C(=O)[C@H]2CC[C@H](C)CC2)CC1. The lowest BCUT2D eigenvalue weighted by molar-refractivity contribution is -0.124. The van der Waals surface area contributed by atoms with E-state index < -0.39 is 5.97 Å². The number of rotatable bonds is 10. The highest BCUT2D eigenvalue weighted by atomic mass is 16.5. The molecule has 0 spiro atoms. The van der Waals surface area contributed by atoms with Crippen LogP contribution in [0.25, 0.3) is 0 Å². The third-order valence-electron chi connectivity index (χ3n) is 7.30. The molecule has 0 N–H and O–H groups in total. The van der Waals surface area contributed by atoms with Gasteiger partial charge in [-0.3, -0.25) is 4.79 Å². The van der Waals surface area contributed by atoms with Crippen LogP contribution in [0.4, 0.5) is 5.69 Å². The quantitative estimate of drug-likeness (QED) is 0.228. The predicted octanol–water partition coefficient (Wildman–Crippen LogP) is 6.28. The topological polar surface area (TPSA) is 65.1 Å². The van der Waals surface area contributed by atoms with E-state index in [4.69, 9.17) is 14.2 Å². The summed E-state index contributed by atoms with van der Waals surface area (Å²) in [5.74, 6) is 0.956. The molecule has 2 fully saturated rings. The van der Waals surface area contributed by atoms with Crippen molar-refractivity contribution in [1.29, 1.82) is 0 Å². The van der Waals surface area contributed by atoms with Crippen LogP contribution in [0.3, 0.4) is 0 Å². The Morgan fingerprint density at radius 2 is 1.79 bits per heavy atom. The Labute approximate surface area is 204 Å². The number of methoxy groups -OCH3 is 1. The molecule has 2 saturated carbocycles. The van der Waals surface area contributed by atoms with E-state index in [9.17, 15) is 9.59 Å². The highest BCUT2D eigenvalue weighted by Crippen LogP contribution is 2.37. The Kier molecular flexibility index (Phi) is 9.85. The summed E-state index contributed by atoms with van der Waals surface area (Å²) in [4.78, 5) is 28.7. The Bertz CT molecular complexity index is 822. The number of unbranched alkanes of at least 4 members (excludes halogenated alkanes) is 1. The fourth-order valence-electron chi connectivity index (χ4n) is 5.20. The lowest BCUT2D eigenvalue weighted by Gasteiger charge is -2.40. The smallest absolute Gasteiger partial charge is 0.340 e. The number of amides is 1. The number of carbonyl (C=O) groups is 2. The van der Waals surface area contributed by atoms with Gasteiger partial charge in [-0.15, -0.1) is 0 Å². The van der Waals surface area contributed by atoms with Gasteiger partial charge in [-0.05, 0) is 81.9 Å². The van der Waals surface area contributed by atoms with Gasteiger partial charge in [0.15, 0.2) is 0 Å². The van der Waals surface area contributed by atoms with Gasteiger partial charge < -0.3 is 19.1 Å². The number of benzene rings is 1. The van der Waals surface area contributed by atoms with Gasteiger partial charge in [0, 0.05) is 12.0 Å². The van der Waals surface area contributed by atoms with E-state index in [1.54, 1.807) is 6.07 Å². The predicted molar refractivity (Wildman–Crippen MR) is 134 cm³/mol. The molecule has 1 aromatic carbocycles. The minimum absolute atomic E-state index is 0.00988. The number of esters is 1. The molecule has 1 aromatic rings. The maximum atomic E-state index is 14.0. The average Bonchev–Trinajstić information content (AvgIpc) is 2.86. The highest BCUT2D eigenvalue weighted by molar-refractivity contribution is 6.04. The summed E-state index contributed by atoms with van der Waals surface area (Å²) in [5, 5.41) is 0. The second-order valence-electron chi connectivity index (χ2n) is 9.77. The molecule has 0 heterocycles. The first kappa shape index (κ1) is 26.1. The maximum absolute atomic E-state index is 14.0. The van der Waals surface area contributed by atoms with Gasteiger partial charge in [0.2, 0.25) is 5.91 Å². The molecule has 1 amide bonds. The fraction of sp³-hybridized carbons (Fsp3) is 0.643. The minimum Gasteiger partial charge on any atom is -0.499 e. The fourth-order valence-corrected chi connectivity index (χ4v) is 5.20. The largest absolute Gasteiger partial charge is 0.499 e. The molecule has 2 aliphatic rings. The van der Waals surface area contributed by atoms with Crippen molar-refractivity contribution in [2.75, 3.05) is 18.6 Å². The van der Waals surface area contributed by atoms with E-state index >= 15 is 0 Å². The van der Waals surface area contributed by atoms with Crippen LogP contribution in [0.2, 0.25) is 0 Å². The third kappa shape index (κ3) is 6.55. The molecule has 0 unspecified atom stereocenters. The summed E-state index contributed by atoms with van der Waals surface area (Å²) in [6, 6.07) is 5.48. The molecule has 2 aliphatic carbocycles. The minimum atomic E-state index is -0.449. The van der Waals surface area contributed by atoms with E-state index in [0.717, 1.165) is 64.2 Å². The van der Waals surface area contributed by atoms with Crippen molar-refractivity contribution >= 4 is 17.6 Å². The monoisotopic (exact) mass is 471 g/mol. The van der Waals surface area contributed by atoms with Gasteiger partial charge in [0.05, 0.1) is 37.3 Å². The van der Waals surface area contributed by atoms with Gasteiger partial charge in [0.25, 0.3) is 0 Å². The van der Waals surface area contributed by atoms with Crippen molar-refractivity contribution in [3.05, 3.63) is 36.6 Å². The molecule has 0 bridgehead atoms. The van der Waals surface area contributed by atoms with Crippen molar-refractivity contribution in [1.82, 2.24) is 0 Å². The van der Waals surface area contributed by atoms with Gasteiger partial charge in [-0.2, -0.15) is 0 Å². The summed E-state index contributed by atoms with van der Waals surface area (Å²) in [6.45, 7) is 8.63. The second-order valence-corrected chi connectivity index (χ2v) is 9.77.